The number of benzene rings is 1. The summed E-state index contributed by atoms with van der Waals surface area (Å²) in [4.78, 5) is 7.47. The van der Waals surface area contributed by atoms with Crippen LogP contribution in [0.2, 0.25) is 5.02 Å². The van der Waals surface area contributed by atoms with Crippen molar-refractivity contribution in [3.05, 3.63) is 34.7 Å². The standard InChI is InChI=1S/C13H16ClN3O/c1-8-5-12(18-2)10(14)6-9(8)13-11(3-4-15)16-7-17-13/h5-7H,3-4,15H2,1-2H3,(H,16,17). The van der Waals surface area contributed by atoms with Crippen molar-refractivity contribution in [1.82, 2.24) is 9.97 Å². The summed E-state index contributed by atoms with van der Waals surface area (Å²) in [7, 11) is 1.61. The fourth-order valence-electron chi connectivity index (χ4n) is 1.95. The predicted molar refractivity (Wildman–Crippen MR) is 73.1 cm³/mol. The number of aryl methyl sites for hydroxylation is 1. The fraction of sp³-hybridized carbons (Fsp3) is 0.308. The molecule has 0 saturated heterocycles. The Balaban J connectivity index is 2.50. The molecule has 2 rings (SSSR count). The monoisotopic (exact) mass is 265 g/mol. The van der Waals surface area contributed by atoms with E-state index in [2.05, 4.69) is 9.97 Å². The normalized spacial score (nSPS) is 10.7. The first-order chi connectivity index (χ1) is 8.67. The lowest BCUT2D eigenvalue weighted by Gasteiger charge is -2.10. The Kier molecular flexibility index (Phi) is 3.89. The number of hydrogen-bond acceptors (Lipinski definition) is 3. The molecule has 2 aromatic rings. The summed E-state index contributed by atoms with van der Waals surface area (Å²) in [5.41, 5.74) is 9.60. The molecule has 0 aliphatic rings. The number of H-pyrrole nitrogens is 1. The van der Waals surface area contributed by atoms with E-state index in [1.807, 2.05) is 19.1 Å². The Hall–Kier alpha value is -1.52. The number of nitrogens with two attached hydrogens (primary N) is 1. The molecule has 0 spiro atoms. The van der Waals surface area contributed by atoms with Crippen LogP contribution in [0, 0.1) is 6.92 Å². The van der Waals surface area contributed by atoms with E-state index in [4.69, 9.17) is 22.1 Å². The number of imidazole rings is 1. The predicted octanol–water partition coefficient (Wildman–Crippen LogP) is 2.55. The Morgan fingerprint density at radius 3 is 2.89 bits per heavy atom. The molecule has 0 amide bonds. The van der Waals surface area contributed by atoms with Crippen LogP contribution in [-0.4, -0.2) is 23.6 Å². The molecule has 0 bridgehead atoms. The smallest absolute Gasteiger partial charge is 0.137 e. The average Bonchev–Trinajstić information content (AvgIpc) is 2.80. The quantitative estimate of drug-likeness (QED) is 0.893. The van der Waals surface area contributed by atoms with Gasteiger partial charge in [0.1, 0.15) is 5.75 Å². The maximum absolute atomic E-state index is 6.16. The molecule has 4 nitrogen and oxygen atoms in total. The second-order valence-corrected chi connectivity index (χ2v) is 4.48. The van der Waals surface area contributed by atoms with Crippen LogP contribution in [0.1, 0.15) is 11.3 Å². The van der Waals surface area contributed by atoms with Crippen LogP contribution in [0.15, 0.2) is 18.5 Å². The second kappa shape index (κ2) is 5.42. The zero-order valence-electron chi connectivity index (χ0n) is 10.5. The van der Waals surface area contributed by atoms with Gasteiger partial charge in [0.25, 0.3) is 0 Å². The Bertz CT molecular complexity index is 551. The van der Waals surface area contributed by atoms with Crippen molar-refractivity contribution < 1.29 is 4.74 Å². The molecule has 1 aromatic carbocycles. The van der Waals surface area contributed by atoms with Crippen molar-refractivity contribution in [3.63, 3.8) is 0 Å². The van der Waals surface area contributed by atoms with Gasteiger partial charge >= 0.3 is 0 Å². The first-order valence-electron chi connectivity index (χ1n) is 5.74. The van der Waals surface area contributed by atoms with Crippen molar-refractivity contribution >= 4 is 11.6 Å². The third-order valence-electron chi connectivity index (χ3n) is 2.87. The molecule has 1 heterocycles. The first-order valence-corrected chi connectivity index (χ1v) is 6.12. The van der Waals surface area contributed by atoms with E-state index in [1.54, 1.807) is 13.4 Å². The zero-order chi connectivity index (χ0) is 13.1. The van der Waals surface area contributed by atoms with Gasteiger partial charge in [-0.3, -0.25) is 0 Å². The van der Waals surface area contributed by atoms with E-state index in [0.717, 1.165) is 28.9 Å². The van der Waals surface area contributed by atoms with Crippen LogP contribution in [0.3, 0.4) is 0 Å². The Labute approximate surface area is 111 Å². The second-order valence-electron chi connectivity index (χ2n) is 4.07. The lowest BCUT2D eigenvalue weighted by molar-refractivity contribution is 0.415. The van der Waals surface area contributed by atoms with Gasteiger partial charge in [0.2, 0.25) is 0 Å². The molecular formula is C13H16ClN3O. The molecule has 0 saturated carbocycles. The molecule has 0 unspecified atom stereocenters. The molecule has 3 N–H and O–H groups in total. The SMILES string of the molecule is COc1cc(C)c(-c2nc[nH]c2CCN)cc1Cl. The first kappa shape index (κ1) is 12.9. The average molecular weight is 266 g/mol. The summed E-state index contributed by atoms with van der Waals surface area (Å²) in [6, 6.07) is 3.80. The number of nitrogens with zero attached hydrogens (tertiary/aromatic N) is 1. The van der Waals surface area contributed by atoms with E-state index < -0.39 is 0 Å². The minimum absolute atomic E-state index is 0.581. The van der Waals surface area contributed by atoms with Gasteiger partial charge in [-0.1, -0.05) is 11.6 Å². The number of aromatic amines is 1. The van der Waals surface area contributed by atoms with Crippen LogP contribution >= 0.6 is 11.6 Å². The van der Waals surface area contributed by atoms with Gasteiger partial charge in [-0.25, -0.2) is 4.98 Å². The van der Waals surface area contributed by atoms with Crippen LogP contribution in [0.5, 0.6) is 5.75 Å². The molecule has 96 valence electrons. The zero-order valence-corrected chi connectivity index (χ0v) is 11.2. The number of halogens is 1. The van der Waals surface area contributed by atoms with Crippen molar-refractivity contribution in [2.75, 3.05) is 13.7 Å². The number of methoxy groups -OCH3 is 1. The van der Waals surface area contributed by atoms with Crippen LogP contribution in [0.4, 0.5) is 0 Å². The topological polar surface area (TPSA) is 63.9 Å². The summed E-state index contributed by atoms with van der Waals surface area (Å²) in [5, 5.41) is 0.583. The highest BCUT2D eigenvalue weighted by Crippen LogP contribution is 2.33. The van der Waals surface area contributed by atoms with E-state index in [0.29, 0.717) is 17.3 Å². The van der Waals surface area contributed by atoms with E-state index in [-0.39, 0.29) is 0 Å². The molecule has 1 aromatic heterocycles. The minimum Gasteiger partial charge on any atom is -0.495 e. The number of ether oxygens (including phenoxy) is 1. The third kappa shape index (κ3) is 2.35. The van der Waals surface area contributed by atoms with Gasteiger partial charge in [0, 0.05) is 17.7 Å². The van der Waals surface area contributed by atoms with Gasteiger partial charge in [-0.2, -0.15) is 0 Å². The maximum Gasteiger partial charge on any atom is 0.137 e. The van der Waals surface area contributed by atoms with E-state index in [9.17, 15) is 0 Å². The maximum atomic E-state index is 6.16. The molecule has 0 aliphatic carbocycles. The molecule has 0 atom stereocenters. The van der Waals surface area contributed by atoms with Crippen molar-refractivity contribution in [3.8, 4) is 17.0 Å². The van der Waals surface area contributed by atoms with E-state index in [1.165, 1.54) is 0 Å². The van der Waals surface area contributed by atoms with Gasteiger partial charge in [-0.15, -0.1) is 0 Å². The number of aromatic nitrogens is 2. The van der Waals surface area contributed by atoms with Crippen molar-refractivity contribution in [2.24, 2.45) is 5.73 Å². The summed E-state index contributed by atoms with van der Waals surface area (Å²) >= 11 is 6.16. The van der Waals surface area contributed by atoms with Crippen molar-refractivity contribution in [1.29, 1.82) is 0 Å². The minimum atomic E-state index is 0.581. The summed E-state index contributed by atoms with van der Waals surface area (Å²) in [6.07, 6.45) is 2.44. The van der Waals surface area contributed by atoms with Gasteiger partial charge in [0.15, 0.2) is 0 Å². The highest BCUT2D eigenvalue weighted by Gasteiger charge is 2.13. The Morgan fingerprint density at radius 2 is 2.22 bits per heavy atom. The van der Waals surface area contributed by atoms with Crippen LogP contribution in [-0.2, 0) is 6.42 Å². The largest absolute Gasteiger partial charge is 0.495 e. The third-order valence-corrected chi connectivity index (χ3v) is 3.16. The van der Waals surface area contributed by atoms with Crippen molar-refractivity contribution in [2.45, 2.75) is 13.3 Å². The number of hydrogen-bond donors (Lipinski definition) is 2. The van der Waals surface area contributed by atoms with Gasteiger partial charge in [-0.05, 0) is 31.2 Å². The molecule has 0 aliphatic heterocycles. The van der Waals surface area contributed by atoms with Gasteiger partial charge in [0.05, 0.1) is 24.2 Å². The van der Waals surface area contributed by atoms with Gasteiger partial charge < -0.3 is 15.5 Å². The highest BCUT2D eigenvalue weighted by atomic mass is 35.5. The lowest BCUT2D eigenvalue weighted by Crippen LogP contribution is -2.04. The molecular weight excluding hydrogens is 250 g/mol. The lowest BCUT2D eigenvalue weighted by atomic mass is 10.0. The van der Waals surface area contributed by atoms with E-state index >= 15 is 0 Å². The van der Waals surface area contributed by atoms with Crippen LogP contribution in [0.25, 0.3) is 11.3 Å². The number of nitrogens with one attached hydrogen (secondary N) is 1. The van der Waals surface area contributed by atoms with Crippen LogP contribution < -0.4 is 10.5 Å². The molecule has 5 heteroatoms. The summed E-state index contributed by atoms with van der Waals surface area (Å²) < 4.78 is 5.20. The number of rotatable bonds is 4. The molecule has 0 radical (unpaired) electrons. The summed E-state index contributed by atoms with van der Waals surface area (Å²) in [5.74, 6) is 0.675. The molecule has 18 heavy (non-hydrogen) atoms. The highest BCUT2D eigenvalue weighted by molar-refractivity contribution is 6.32. The fourth-order valence-corrected chi connectivity index (χ4v) is 2.20. The summed E-state index contributed by atoms with van der Waals surface area (Å²) in [6.45, 7) is 2.59. The molecule has 0 fully saturated rings. The Morgan fingerprint density at radius 1 is 1.44 bits per heavy atom.